The van der Waals surface area contributed by atoms with Crippen LogP contribution in [0.3, 0.4) is 0 Å². The van der Waals surface area contributed by atoms with E-state index in [2.05, 4.69) is 47.6 Å². The van der Waals surface area contributed by atoms with Crippen molar-refractivity contribution in [2.45, 2.75) is 64.2 Å². The van der Waals surface area contributed by atoms with Crippen molar-refractivity contribution in [2.24, 2.45) is 0 Å². The maximum atomic E-state index is 11.6. The molecule has 0 aliphatic heterocycles. The van der Waals surface area contributed by atoms with Gasteiger partial charge in [-0.1, -0.05) is 53.7 Å². The Bertz CT molecular complexity index is 831. The minimum absolute atomic E-state index is 0.0271. The number of hydrogen-bond acceptors (Lipinski definition) is 2. The summed E-state index contributed by atoms with van der Waals surface area (Å²) in [7, 11) is -4.21. The van der Waals surface area contributed by atoms with Gasteiger partial charge in [-0.2, -0.15) is 8.42 Å². The topological polar surface area (TPSA) is 54.4 Å². The standard InChI is InChI=1S/C19H26O3S/c1-11(2)16-8-7-14-9-15(23(20,21)22)10-17(12(3)4)19(14)18(16)13(5)6/h7-13H,1-6H3,(H,20,21,22). The zero-order valence-electron chi connectivity index (χ0n) is 14.7. The molecule has 4 heteroatoms. The van der Waals surface area contributed by atoms with E-state index in [4.69, 9.17) is 0 Å². The second kappa shape index (κ2) is 6.25. The Balaban J connectivity index is 3.01. The average Bonchev–Trinajstić information content (AvgIpc) is 2.43. The predicted molar refractivity (Wildman–Crippen MR) is 96.0 cm³/mol. The molecule has 0 saturated heterocycles. The fourth-order valence-electron chi connectivity index (χ4n) is 3.25. The SMILES string of the molecule is CC(C)c1ccc2cc(S(=O)(=O)O)cc(C(C)C)c2c1C(C)C. The van der Waals surface area contributed by atoms with Crippen molar-refractivity contribution in [2.75, 3.05) is 0 Å². The monoisotopic (exact) mass is 334 g/mol. The first kappa shape index (κ1) is 18.0. The molecule has 0 amide bonds. The van der Waals surface area contributed by atoms with Crippen LogP contribution in [0.5, 0.6) is 0 Å². The van der Waals surface area contributed by atoms with Gasteiger partial charge in [0.05, 0.1) is 4.90 Å². The molecule has 0 saturated carbocycles. The molecule has 0 heterocycles. The van der Waals surface area contributed by atoms with Crippen molar-refractivity contribution < 1.29 is 13.0 Å². The first-order valence-corrected chi connectivity index (χ1v) is 9.56. The third-order valence-corrected chi connectivity index (χ3v) is 5.15. The van der Waals surface area contributed by atoms with Crippen LogP contribution in [-0.4, -0.2) is 13.0 Å². The van der Waals surface area contributed by atoms with E-state index in [1.54, 1.807) is 12.1 Å². The summed E-state index contributed by atoms with van der Waals surface area (Å²) in [6.45, 7) is 12.8. The van der Waals surface area contributed by atoms with Gasteiger partial charge in [0.15, 0.2) is 0 Å². The minimum atomic E-state index is -4.21. The Morgan fingerprint density at radius 3 is 1.83 bits per heavy atom. The fraction of sp³-hybridized carbons (Fsp3) is 0.474. The molecule has 0 bridgehead atoms. The summed E-state index contributed by atoms with van der Waals surface area (Å²) in [6, 6.07) is 7.25. The molecular formula is C19H26O3S. The summed E-state index contributed by atoms with van der Waals surface area (Å²) in [6.07, 6.45) is 0. The van der Waals surface area contributed by atoms with E-state index in [9.17, 15) is 13.0 Å². The van der Waals surface area contributed by atoms with Crippen LogP contribution in [0.4, 0.5) is 0 Å². The van der Waals surface area contributed by atoms with Crippen molar-refractivity contribution in [3.63, 3.8) is 0 Å². The van der Waals surface area contributed by atoms with Crippen molar-refractivity contribution in [1.29, 1.82) is 0 Å². The zero-order chi connectivity index (χ0) is 17.5. The summed E-state index contributed by atoms with van der Waals surface area (Å²) >= 11 is 0. The van der Waals surface area contributed by atoms with Gasteiger partial charge in [-0.15, -0.1) is 0 Å². The van der Waals surface area contributed by atoms with Crippen molar-refractivity contribution in [3.8, 4) is 0 Å². The number of fused-ring (bicyclic) bond motifs is 1. The zero-order valence-corrected chi connectivity index (χ0v) is 15.5. The van der Waals surface area contributed by atoms with Crippen LogP contribution in [0.1, 0.15) is 76.0 Å². The average molecular weight is 334 g/mol. The van der Waals surface area contributed by atoms with E-state index >= 15 is 0 Å². The Kier molecular flexibility index (Phi) is 4.88. The molecule has 1 N–H and O–H groups in total. The normalized spacial score (nSPS) is 12.8. The highest BCUT2D eigenvalue weighted by molar-refractivity contribution is 7.85. The fourth-order valence-corrected chi connectivity index (χ4v) is 3.80. The number of rotatable bonds is 4. The molecule has 126 valence electrons. The van der Waals surface area contributed by atoms with Crippen LogP contribution in [0.2, 0.25) is 0 Å². The van der Waals surface area contributed by atoms with Crippen LogP contribution in [-0.2, 0) is 10.1 Å². The van der Waals surface area contributed by atoms with Crippen LogP contribution in [0.25, 0.3) is 10.8 Å². The molecule has 23 heavy (non-hydrogen) atoms. The molecule has 2 rings (SSSR count). The molecule has 0 radical (unpaired) electrons. The van der Waals surface area contributed by atoms with E-state index in [-0.39, 0.29) is 10.8 Å². The summed E-state index contributed by atoms with van der Waals surface area (Å²) in [5.74, 6) is 0.905. The molecule has 2 aromatic carbocycles. The van der Waals surface area contributed by atoms with Gasteiger partial charge >= 0.3 is 0 Å². The molecule has 0 spiro atoms. The highest BCUT2D eigenvalue weighted by Crippen LogP contribution is 2.38. The van der Waals surface area contributed by atoms with E-state index in [0.29, 0.717) is 11.8 Å². The van der Waals surface area contributed by atoms with Crippen molar-refractivity contribution >= 4 is 20.9 Å². The third-order valence-electron chi connectivity index (χ3n) is 4.31. The third kappa shape index (κ3) is 3.43. The van der Waals surface area contributed by atoms with Gasteiger partial charge < -0.3 is 0 Å². The summed E-state index contributed by atoms with van der Waals surface area (Å²) in [5, 5.41) is 2.01. The lowest BCUT2D eigenvalue weighted by atomic mass is 9.83. The van der Waals surface area contributed by atoms with Gasteiger partial charge in [-0.3, -0.25) is 4.55 Å². The maximum Gasteiger partial charge on any atom is 0.294 e. The van der Waals surface area contributed by atoms with Gasteiger partial charge in [0.1, 0.15) is 0 Å². The molecule has 0 unspecified atom stereocenters. The maximum absolute atomic E-state index is 11.6. The minimum Gasteiger partial charge on any atom is -0.282 e. The van der Waals surface area contributed by atoms with Gasteiger partial charge in [-0.25, -0.2) is 0 Å². The molecule has 3 nitrogen and oxygen atoms in total. The predicted octanol–water partition coefficient (Wildman–Crippen LogP) is 5.46. The lowest BCUT2D eigenvalue weighted by Crippen LogP contribution is -2.05. The van der Waals surface area contributed by atoms with E-state index in [0.717, 1.165) is 16.3 Å². The second-order valence-corrected chi connectivity index (χ2v) is 8.54. The van der Waals surface area contributed by atoms with Crippen LogP contribution in [0, 0.1) is 0 Å². The van der Waals surface area contributed by atoms with Crippen LogP contribution in [0.15, 0.2) is 29.2 Å². The molecule has 0 aromatic heterocycles. The Morgan fingerprint density at radius 2 is 1.39 bits per heavy atom. The number of benzene rings is 2. The summed E-state index contributed by atoms with van der Waals surface area (Å²) in [4.78, 5) is -0.0271. The molecule has 0 atom stereocenters. The molecule has 0 aliphatic rings. The van der Waals surface area contributed by atoms with Crippen molar-refractivity contribution in [3.05, 3.63) is 41.0 Å². The van der Waals surface area contributed by atoms with Gasteiger partial charge in [0, 0.05) is 0 Å². The number of hydrogen-bond donors (Lipinski definition) is 1. The smallest absolute Gasteiger partial charge is 0.282 e. The van der Waals surface area contributed by atoms with Gasteiger partial charge in [0.25, 0.3) is 10.1 Å². The lowest BCUT2D eigenvalue weighted by molar-refractivity contribution is 0.483. The molecule has 0 aliphatic carbocycles. The van der Waals surface area contributed by atoms with E-state index < -0.39 is 10.1 Å². The van der Waals surface area contributed by atoms with Crippen LogP contribution >= 0.6 is 0 Å². The first-order chi connectivity index (χ1) is 10.5. The molecule has 0 fully saturated rings. The van der Waals surface area contributed by atoms with Gasteiger partial charge in [0.2, 0.25) is 0 Å². The summed E-state index contributed by atoms with van der Waals surface area (Å²) in [5.41, 5.74) is 3.55. The quantitative estimate of drug-likeness (QED) is 0.756. The molecule has 2 aromatic rings. The van der Waals surface area contributed by atoms with E-state index in [1.165, 1.54) is 11.1 Å². The first-order valence-electron chi connectivity index (χ1n) is 8.12. The summed E-state index contributed by atoms with van der Waals surface area (Å²) < 4.78 is 32.7. The Labute approximate surface area is 139 Å². The highest BCUT2D eigenvalue weighted by Gasteiger charge is 2.21. The largest absolute Gasteiger partial charge is 0.294 e. The van der Waals surface area contributed by atoms with Crippen molar-refractivity contribution in [1.82, 2.24) is 0 Å². The second-order valence-electron chi connectivity index (χ2n) is 7.12. The Morgan fingerprint density at radius 1 is 0.826 bits per heavy atom. The van der Waals surface area contributed by atoms with Crippen LogP contribution < -0.4 is 0 Å². The highest BCUT2D eigenvalue weighted by atomic mass is 32.2. The van der Waals surface area contributed by atoms with Gasteiger partial charge in [-0.05, 0) is 57.3 Å². The Hall–Kier alpha value is -1.39. The van der Waals surface area contributed by atoms with E-state index in [1.807, 2.05) is 6.07 Å². The lowest BCUT2D eigenvalue weighted by Gasteiger charge is -2.22. The molecular weight excluding hydrogens is 308 g/mol.